The largest absolute Gasteiger partial charge is 0.333 e. The second-order valence-corrected chi connectivity index (χ2v) is 7.39. The molecule has 0 spiro atoms. The van der Waals surface area contributed by atoms with Gasteiger partial charge >= 0.3 is 0 Å². The first-order chi connectivity index (χ1) is 14.1. The van der Waals surface area contributed by atoms with Crippen molar-refractivity contribution in [3.63, 3.8) is 0 Å². The number of hydrogen-bond donors (Lipinski definition) is 0. The van der Waals surface area contributed by atoms with E-state index in [2.05, 4.69) is 0 Å². The molecule has 1 aromatic heterocycles. The predicted octanol–water partition coefficient (Wildman–Crippen LogP) is 3.77. The lowest BCUT2D eigenvalue weighted by atomic mass is 10.2. The molecule has 0 saturated carbocycles. The van der Waals surface area contributed by atoms with E-state index in [0.717, 1.165) is 41.9 Å². The Labute approximate surface area is 170 Å². The van der Waals surface area contributed by atoms with Crippen LogP contribution in [0.4, 0.5) is 5.69 Å². The molecule has 1 fully saturated rings. The Balaban J connectivity index is 1.73. The summed E-state index contributed by atoms with van der Waals surface area (Å²) in [5.41, 5.74) is 2.67. The highest BCUT2D eigenvalue weighted by atomic mass is 16.2. The van der Waals surface area contributed by atoms with Gasteiger partial charge < -0.3 is 14.4 Å². The van der Waals surface area contributed by atoms with Crippen molar-refractivity contribution in [2.24, 2.45) is 0 Å². The first-order valence-corrected chi connectivity index (χ1v) is 10.2. The average Bonchev–Trinajstić information content (AvgIpc) is 3.35. The van der Waals surface area contributed by atoms with Gasteiger partial charge in [-0.25, -0.2) is 4.98 Å². The quantitative estimate of drug-likeness (QED) is 0.666. The van der Waals surface area contributed by atoms with Gasteiger partial charge in [-0.1, -0.05) is 30.3 Å². The van der Waals surface area contributed by atoms with E-state index in [0.29, 0.717) is 6.54 Å². The van der Waals surface area contributed by atoms with Crippen molar-refractivity contribution >= 4 is 28.5 Å². The maximum Gasteiger partial charge on any atom is 0.246 e. The molecule has 3 aromatic rings. The Kier molecular flexibility index (Phi) is 5.34. The summed E-state index contributed by atoms with van der Waals surface area (Å²) in [5, 5.41) is 0. The molecule has 1 unspecified atom stereocenters. The minimum Gasteiger partial charge on any atom is -0.333 e. The fraction of sp³-hybridized carbons (Fsp3) is 0.348. The van der Waals surface area contributed by atoms with Gasteiger partial charge in [-0.2, -0.15) is 0 Å². The van der Waals surface area contributed by atoms with Crippen molar-refractivity contribution in [1.29, 1.82) is 0 Å². The lowest BCUT2D eigenvalue weighted by Crippen LogP contribution is -2.35. The number of likely N-dealkylation sites (N-methyl/N-ethyl adjacent to an activating group) is 1. The molecular formula is C23H26N4O2. The van der Waals surface area contributed by atoms with Crippen molar-refractivity contribution in [2.75, 3.05) is 18.0 Å². The molecule has 2 aromatic carbocycles. The highest BCUT2D eigenvalue weighted by Gasteiger charge is 2.32. The van der Waals surface area contributed by atoms with E-state index in [1.165, 1.54) is 0 Å². The van der Waals surface area contributed by atoms with Crippen molar-refractivity contribution in [1.82, 2.24) is 14.5 Å². The van der Waals surface area contributed by atoms with Gasteiger partial charge in [-0.15, -0.1) is 0 Å². The zero-order chi connectivity index (χ0) is 20.4. The van der Waals surface area contributed by atoms with Gasteiger partial charge in [0.05, 0.1) is 17.1 Å². The van der Waals surface area contributed by atoms with Crippen LogP contribution in [0.2, 0.25) is 0 Å². The molecule has 1 atom stereocenters. The Morgan fingerprint density at radius 2 is 1.83 bits per heavy atom. The Bertz CT molecular complexity index is 1030. The molecule has 0 aliphatic carbocycles. The zero-order valence-corrected chi connectivity index (χ0v) is 16.9. The van der Waals surface area contributed by atoms with Gasteiger partial charge in [-0.05, 0) is 44.0 Å². The van der Waals surface area contributed by atoms with E-state index in [1.807, 2.05) is 71.0 Å². The molecule has 2 amide bonds. The van der Waals surface area contributed by atoms with Gasteiger partial charge in [0.15, 0.2) is 0 Å². The third-order valence-electron chi connectivity index (χ3n) is 5.62. The molecule has 1 aliphatic rings. The van der Waals surface area contributed by atoms with Crippen molar-refractivity contribution in [3.8, 4) is 0 Å². The first-order valence-electron chi connectivity index (χ1n) is 10.2. The minimum atomic E-state index is -0.0838. The molecule has 1 saturated heterocycles. The monoisotopic (exact) mass is 390 g/mol. The number of fused-ring (bicyclic) bond motifs is 1. The maximum absolute atomic E-state index is 13.3. The van der Waals surface area contributed by atoms with Crippen LogP contribution in [0, 0.1) is 0 Å². The molecular weight excluding hydrogens is 364 g/mol. The molecule has 6 heteroatoms. The number of carbonyl (C=O) groups is 2. The molecule has 4 rings (SSSR count). The summed E-state index contributed by atoms with van der Waals surface area (Å²) in [6.07, 6.45) is 1.82. The molecule has 0 bridgehead atoms. The van der Waals surface area contributed by atoms with Crippen LogP contribution in [-0.2, 0) is 16.1 Å². The number of benzene rings is 2. The van der Waals surface area contributed by atoms with Gasteiger partial charge in [0, 0.05) is 25.7 Å². The summed E-state index contributed by atoms with van der Waals surface area (Å²) in [6, 6.07) is 17.5. The smallest absolute Gasteiger partial charge is 0.246 e. The number of para-hydroxylation sites is 3. The lowest BCUT2D eigenvalue weighted by molar-refractivity contribution is -0.129. The summed E-state index contributed by atoms with van der Waals surface area (Å²) >= 11 is 0. The van der Waals surface area contributed by atoms with E-state index in [1.54, 1.807) is 11.8 Å². The van der Waals surface area contributed by atoms with Crippen LogP contribution in [0.25, 0.3) is 11.0 Å². The normalized spacial score (nSPS) is 16.3. The fourth-order valence-electron chi connectivity index (χ4n) is 4.26. The standard InChI is InChI=1S/C23H26N4O2/c1-3-25(18-10-5-4-6-11-18)22(29)16-27-20-13-8-7-12-19(20)24-23(27)21-14-9-15-26(21)17(2)28/h4-8,10-13,21H,3,9,14-16H2,1-2H3. The number of imidazole rings is 1. The summed E-state index contributed by atoms with van der Waals surface area (Å²) < 4.78 is 2.00. The van der Waals surface area contributed by atoms with E-state index in [-0.39, 0.29) is 24.4 Å². The highest BCUT2D eigenvalue weighted by molar-refractivity contribution is 5.94. The van der Waals surface area contributed by atoms with Crippen molar-refractivity contribution in [3.05, 3.63) is 60.4 Å². The number of likely N-dealkylation sites (tertiary alicyclic amines) is 1. The van der Waals surface area contributed by atoms with Crippen LogP contribution in [0.5, 0.6) is 0 Å². The summed E-state index contributed by atoms with van der Waals surface area (Å²) in [6.45, 7) is 5.11. The van der Waals surface area contributed by atoms with Crippen molar-refractivity contribution < 1.29 is 9.59 Å². The lowest BCUT2D eigenvalue weighted by Gasteiger charge is -2.25. The summed E-state index contributed by atoms with van der Waals surface area (Å²) in [5.74, 6) is 0.865. The summed E-state index contributed by atoms with van der Waals surface area (Å²) in [7, 11) is 0. The number of aromatic nitrogens is 2. The van der Waals surface area contributed by atoms with Gasteiger partial charge in [0.1, 0.15) is 12.4 Å². The Hall–Kier alpha value is -3.15. The number of amides is 2. The molecule has 6 nitrogen and oxygen atoms in total. The second kappa shape index (κ2) is 8.07. The first kappa shape index (κ1) is 19.2. The molecule has 29 heavy (non-hydrogen) atoms. The topological polar surface area (TPSA) is 58.4 Å². The van der Waals surface area contributed by atoms with Gasteiger partial charge in [0.25, 0.3) is 0 Å². The number of hydrogen-bond acceptors (Lipinski definition) is 3. The number of anilines is 1. The SMILES string of the molecule is CCN(C(=O)Cn1c(C2CCCN2C(C)=O)nc2ccccc21)c1ccccc1. The van der Waals surface area contributed by atoms with Gasteiger partial charge in [0.2, 0.25) is 11.8 Å². The number of rotatable bonds is 5. The van der Waals surface area contributed by atoms with Crippen LogP contribution >= 0.6 is 0 Å². The second-order valence-electron chi connectivity index (χ2n) is 7.39. The number of nitrogens with zero attached hydrogens (tertiary/aromatic N) is 4. The molecule has 150 valence electrons. The average molecular weight is 390 g/mol. The van der Waals surface area contributed by atoms with Crippen LogP contribution in [0.1, 0.15) is 38.6 Å². The molecule has 2 heterocycles. The molecule has 0 N–H and O–H groups in total. The third kappa shape index (κ3) is 3.62. The van der Waals surface area contributed by atoms with Crippen LogP contribution in [0.3, 0.4) is 0 Å². The fourth-order valence-corrected chi connectivity index (χ4v) is 4.26. The van der Waals surface area contributed by atoms with E-state index in [4.69, 9.17) is 4.98 Å². The number of carbonyl (C=O) groups excluding carboxylic acids is 2. The highest BCUT2D eigenvalue weighted by Crippen LogP contribution is 2.33. The predicted molar refractivity (Wildman–Crippen MR) is 114 cm³/mol. The van der Waals surface area contributed by atoms with Crippen LogP contribution in [-0.4, -0.2) is 39.4 Å². The Morgan fingerprint density at radius 3 is 2.55 bits per heavy atom. The van der Waals surface area contributed by atoms with E-state index in [9.17, 15) is 9.59 Å². The van der Waals surface area contributed by atoms with E-state index >= 15 is 0 Å². The summed E-state index contributed by atoms with van der Waals surface area (Å²) in [4.78, 5) is 33.9. The third-order valence-corrected chi connectivity index (χ3v) is 5.62. The maximum atomic E-state index is 13.3. The molecule has 1 aliphatic heterocycles. The van der Waals surface area contributed by atoms with Crippen LogP contribution < -0.4 is 4.90 Å². The van der Waals surface area contributed by atoms with Crippen molar-refractivity contribution in [2.45, 2.75) is 39.3 Å². The Morgan fingerprint density at radius 1 is 1.10 bits per heavy atom. The molecule has 0 radical (unpaired) electrons. The van der Waals surface area contributed by atoms with E-state index < -0.39 is 0 Å². The minimum absolute atomic E-state index is 0.00970. The zero-order valence-electron chi connectivity index (χ0n) is 16.9. The van der Waals surface area contributed by atoms with Gasteiger partial charge in [-0.3, -0.25) is 9.59 Å². The van der Waals surface area contributed by atoms with Crippen LogP contribution in [0.15, 0.2) is 54.6 Å².